The molecule has 8 heteroatoms. The lowest BCUT2D eigenvalue weighted by Crippen LogP contribution is -2.18. The Morgan fingerprint density at radius 1 is 1.30 bits per heavy atom. The van der Waals surface area contributed by atoms with Gasteiger partial charge < -0.3 is 5.32 Å². The van der Waals surface area contributed by atoms with Crippen LogP contribution in [0.2, 0.25) is 5.15 Å². The Morgan fingerprint density at radius 2 is 2.13 bits per heavy atom. The summed E-state index contributed by atoms with van der Waals surface area (Å²) >= 11 is 8.81. The zero-order valence-corrected chi connectivity index (χ0v) is 14.0. The van der Waals surface area contributed by atoms with Crippen LogP contribution in [-0.4, -0.2) is 20.5 Å². The number of rotatable bonds is 2. The van der Waals surface area contributed by atoms with E-state index in [0.29, 0.717) is 15.9 Å². The zero-order valence-electron chi connectivity index (χ0n) is 11.6. The van der Waals surface area contributed by atoms with Crippen molar-refractivity contribution in [3.8, 4) is 0 Å². The van der Waals surface area contributed by atoms with Crippen molar-refractivity contribution in [2.24, 2.45) is 4.99 Å². The van der Waals surface area contributed by atoms with E-state index < -0.39 is 0 Å². The molecule has 0 bridgehead atoms. The van der Waals surface area contributed by atoms with Gasteiger partial charge in [0.1, 0.15) is 5.84 Å². The van der Waals surface area contributed by atoms with E-state index in [0.717, 1.165) is 28.1 Å². The third kappa shape index (κ3) is 2.78. The highest BCUT2D eigenvalue weighted by Gasteiger charge is 2.24. The second kappa shape index (κ2) is 5.84. The molecule has 2 aromatic heterocycles. The first-order chi connectivity index (χ1) is 11.2. The number of aliphatic imine (C=N–C) groups is 1. The number of para-hydroxylation sites is 1. The van der Waals surface area contributed by atoms with Crippen LogP contribution in [0.3, 0.4) is 0 Å². The van der Waals surface area contributed by atoms with Gasteiger partial charge in [0.25, 0.3) is 5.24 Å². The van der Waals surface area contributed by atoms with E-state index in [9.17, 15) is 4.79 Å². The summed E-state index contributed by atoms with van der Waals surface area (Å²) in [6.07, 6.45) is 3.73. The monoisotopic (exact) mass is 360 g/mol. The number of thioether (sulfide) groups is 1. The highest BCUT2D eigenvalue weighted by molar-refractivity contribution is 8.18. The second-order valence-electron chi connectivity index (χ2n) is 4.66. The summed E-state index contributed by atoms with van der Waals surface area (Å²) in [4.78, 5) is 22.1. The maximum Gasteiger partial charge on any atom is 0.289 e. The molecule has 3 aromatic rings. The predicted octanol–water partition coefficient (Wildman–Crippen LogP) is 4.58. The van der Waals surface area contributed by atoms with Gasteiger partial charge in [-0.15, -0.1) is 11.3 Å². The molecule has 1 aliphatic heterocycles. The molecule has 0 spiro atoms. The Labute approximate surface area is 144 Å². The van der Waals surface area contributed by atoms with Crippen LogP contribution in [0, 0.1) is 0 Å². The molecular weight excluding hydrogens is 352 g/mol. The number of aromatic nitrogens is 2. The van der Waals surface area contributed by atoms with Gasteiger partial charge in [0.05, 0.1) is 16.3 Å². The summed E-state index contributed by atoms with van der Waals surface area (Å²) in [5.41, 5.74) is 1.51. The Balaban J connectivity index is 1.79. The Morgan fingerprint density at radius 3 is 2.96 bits per heavy atom. The topological polar surface area (TPSA) is 58.8 Å². The second-order valence-corrected chi connectivity index (χ2v) is 6.91. The molecule has 0 saturated carbocycles. The highest BCUT2D eigenvalue weighted by Crippen LogP contribution is 2.31. The number of carbonyl (C=O) groups excluding carboxylic acids is 1. The van der Waals surface area contributed by atoms with Crippen molar-refractivity contribution in [2.45, 2.75) is 0 Å². The molecule has 23 heavy (non-hydrogen) atoms. The fraction of sp³-hybridized carbons (Fsp3) is 0. The van der Waals surface area contributed by atoms with Gasteiger partial charge in [0, 0.05) is 11.6 Å². The summed E-state index contributed by atoms with van der Waals surface area (Å²) in [7, 11) is 0. The lowest BCUT2D eigenvalue weighted by Gasteiger charge is -1.99. The molecule has 0 unspecified atom stereocenters. The number of nitrogens with one attached hydrogen (secondary N) is 1. The van der Waals surface area contributed by atoms with Crippen molar-refractivity contribution in [1.29, 1.82) is 0 Å². The molecule has 3 heterocycles. The van der Waals surface area contributed by atoms with E-state index in [1.807, 2.05) is 52.4 Å². The first-order valence-electron chi connectivity index (χ1n) is 6.66. The minimum absolute atomic E-state index is 0.159. The third-order valence-corrected chi connectivity index (χ3v) is 5.03. The number of imidazole rings is 1. The number of fused-ring (bicyclic) bond motifs is 1. The normalized spacial score (nSPS) is 18.2. The zero-order chi connectivity index (χ0) is 15.8. The lowest BCUT2D eigenvalue weighted by atomic mass is 10.3. The van der Waals surface area contributed by atoms with E-state index >= 15 is 0 Å². The smallest absolute Gasteiger partial charge is 0.289 e. The minimum Gasteiger partial charge on any atom is -0.300 e. The van der Waals surface area contributed by atoms with Gasteiger partial charge in [-0.2, -0.15) is 0 Å². The van der Waals surface area contributed by atoms with Gasteiger partial charge in [0.2, 0.25) is 0 Å². The van der Waals surface area contributed by atoms with Crippen LogP contribution in [0.15, 0.2) is 51.8 Å². The van der Waals surface area contributed by atoms with Crippen LogP contribution in [0.4, 0.5) is 10.5 Å². The van der Waals surface area contributed by atoms with Gasteiger partial charge in [0.15, 0.2) is 10.1 Å². The maximum absolute atomic E-state index is 11.8. The standard InChI is InChI=1S/C15H9ClN4OS2/c16-12-10(20-6-7-22-14(20)18-12)8-11-13(19-15(21)23-11)17-9-4-2-1-3-5-9/h1-8H,(H,17,19,21). The number of amides is 1. The van der Waals surface area contributed by atoms with Crippen molar-refractivity contribution in [3.05, 3.63) is 57.7 Å². The Hall–Kier alpha value is -2.09. The largest absolute Gasteiger partial charge is 0.300 e. The van der Waals surface area contributed by atoms with Crippen LogP contribution in [0.1, 0.15) is 5.69 Å². The van der Waals surface area contributed by atoms with Gasteiger partial charge in [-0.25, -0.2) is 9.98 Å². The Bertz CT molecular complexity index is 958. The Kier molecular flexibility index (Phi) is 3.68. The number of hydrogen-bond donors (Lipinski definition) is 1. The average molecular weight is 361 g/mol. The summed E-state index contributed by atoms with van der Waals surface area (Å²) in [6.45, 7) is 0. The number of benzene rings is 1. The molecule has 0 aliphatic carbocycles. The van der Waals surface area contributed by atoms with Gasteiger partial charge in [-0.05, 0) is 30.0 Å². The van der Waals surface area contributed by atoms with Crippen LogP contribution >= 0.6 is 34.7 Å². The number of thiazole rings is 1. The summed E-state index contributed by atoms with van der Waals surface area (Å²) in [5, 5.41) is 4.94. The van der Waals surface area contributed by atoms with Gasteiger partial charge >= 0.3 is 0 Å². The van der Waals surface area contributed by atoms with Crippen molar-refractivity contribution in [1.82, 2.24) is 14.7 Å². The van der Waals surface area contributed by atoms with E-state index in [1.165, 1.54) is 11.3 Å². The number of nitrogens with zero attached hydrogens (tertiary/aromatic N) is 3. The molecule has 1 fully saturated rings. The molecule has 1 amide bonds. The van der Waals surface area contributed by atoms with Gasteiger partial charge in [-0.1, -0.05) is 29.8 Å². The van der Waals surface area contributed by atoms with Crippen LogP contribution in [0.5, 0.6) is 0 Å². The molecule has 4 rings (SSSR count). The quantitative estimate of drug-likeness (QED) is 0.727. The fourth-order valence-corrected chi connectivity index (χ4v) is 3.88. The molecule has 1 aliphatic rings. The van der Waals surface area contributed by atoms with Crippen LogP contribution < -0.4 is 5.32 Å². The summed E-state index contributed by atoms with van der Waals surface area (Å²) in [6, 6.07) is 9.47. The van der Waals surface area contributed by atoms with Crippen molar-refractivity contribution < 1.29 is 4.79 Å². The first kappa shape index (κ1) is 14.5. The number of carbonyl (C=O) groups is 1. The van der Waals surface area contributed by atoms with E-state index in [2.05, 4.69) is 15.3 Å². The SMILES string of the molecule is O=C1NC(=Nc2ccccc2)C(=Cc2c(Cl)nc3sccn23)S1. The van der Waals surface area contributed by atoms with Crippen molar-refractivity contribution in [2.75, 3.05) is 0 Å². The average Bonchev–Trinajstić information content (AvgIpc) is 3.19. The third-order valence-electron chi connectivity index (χ3n) is 3.18. The first-order valence-corrected chi connectivity index (χ1v) is 8.74. The van der Waals surface area contributed by atoms with Crippen molar-refractivity contribution >= 4 is 62.5 Å². The number of amidine groups is 1. The van der Waals surface area contributed by atoms with Crippen molar-refractivity contribution in [3.63, 3.8) is 0 Å². The molecule has 114 valence electrons. The molecule has 0 radical (unpaired) electrons. The van der Waals surface area contributed by atoms with E-state index in [-0.39, 0.29) is 5.24 Å². The number of halogens is 1. The van der Waals surface area contributed by atoms with Crippen LogP contribution in [-0.2, 0) is 0 Å². The van der Waals surface area contributed by atoms with E-state index in [1.54, 1.807) is 0 Å². The predicted molar refractivity (Wildman–Crippen MR) is 95.7 cm³/mol. The molecular formula is C15H9ClN4OS2. The highest BCUT2D eigenvalue weighted by atomic mass is 35.5. The molecule has 1 N–H and O–H groups in total. The summed E-state index contributed by atoms with van der Waals surface area (Å²) < 4.78 is 1.89. The lowest BCUT2D eigenvalue weighted by molar-refractivity contribution is 0.265. The maximum atomic E-state index is 11.8. The minimum atomic E-state index is -0.159. The van der Waals surface area contributed by atoms with Gasteiger partial charge in [-0.3, -0.25) is 9.20 Å². The summed E-state index contributed by atoms with van der Waals surface area (Å²) in [5.74, 6) is 0.521. The molecule has 1 aromatic carbocycles. The molecule has 5 nitrogen and oxygen atoms in total. The molecule has 0 atom stereocenters. The molecule has 1 saturated heterocycles. The fourth-order valence-electron chi connectivity index (χ4n) is 2.17. The van der Waals surface area contributed by atoms with Crippen LogP contribution in [0.25, 0.3) is 11.0 Å². The number of hydrogen-bond acceptors (Lipinski definition) is 5. The van der Waals surface area contributed by atoms with E-state index in [4.69, 9.17) is 11.6 Å².